The fourth-order valence-electron chi connectivity index (χ4n) is 2.78. The zero-order valence-electron chi connectivity index (χ0n) is 12.3. The lowest BCUT2D eigenvalue weighted by molar-refractivity contribution is 0.486. The standard InChI is InChI=1S/C16H25N3/c1-4-5-6-7-10-13(3)19-15-12(2)9-8-11-14(15)18-16(19)17/h8-9,11,13H,4-7,10H2,1-3H3,(H2,17,18). The minimum atomic E-state index is 0.419. The van der Waals surface area contributed by atoms with Crippen molar-refractivity contribution in [3.63, 3.8) is 0 Å². The van der Waals surface area contributed by atoms with E-state index >= 15 is 0 Å². The number of fused-ring (bicyclic) bond motifs is 1. The van der Waals surface area contributed by atoms with Crippen molar-refractivity contribution >= 4 is 17.0 Å². The summed E-state index contributed by atoms with van der Waals surface area (Å²) in [5.74, 6) is 0.646. The molecule has 2 rings (SSSR count). The van der Waals surface area contributed by atoms with Crippen LogP contribution in [-0.4, -0.2) is 9.55 Å². The number of anilines is 1. The first kappa shape index (κ1) is 13.9. The van der Waals surface area contributed by atoms with Gasteiger partial charge in [0, 0.05) is 6.04 Å². The average molecular weight is 259 g/mol. The van der Waals surface area contributed by atoms with E-state index in [-0.39, 0.29) is 0 Å². The molecular weight excluding hydrogens is 234 g/mol. The van der Waals surface area contributed by atoms with E-state index in [2.05, 4.69) is 36.4 Å². The van der Waals surface area contributed by atoms with Gasteiger partial charge in [-0.25, -0.2) is 4.98 Å². The normalized spacial score (nSPS) is 13.0. The molecular formula is C16H25N3. The van der Waals surface area contributed by atoms with Gasteiger partial charge in [0.25, 0.3) is 0 Å². The molecule has 0 aliphatic carbocycles. The summed E-state index contributed by atoms with van der Waals surface area (Å²) in [4.78, 5) is 4.48. The number of nitrogens with two attached hydrogens (primary N) is 1. The monoisotopic (exact) mass is 259 g/mol. The van der Waals surface area contributed by atoms with Crippen molar-refractivity contribution < 1.29 is 0 Å². The Labute approximate surface area is 115 Å². The lowest BCUT2D eigenvalue weighted by atomic mass is 10.1. The number of aryl methyl sites for hydroxylation is 1. The van der Waals surface area contributed by atoms with Crippen LogP contribution in [0.1, 0.15) is 57.6 Å². The van der Waals surface area contributed by atoms with Gasteiger partial charge in [-0.2, -0.15) is 0 Å². The number of para-hydroxylation sites is 1. The van der Waals surface area contributed by atoms with Crippen LogP contribution in [0.3, 0.4) is 0 Å². The summed E-state index contributed by atoms with van der Waals surface area (Å²) in [5, 5.41) is 0. The number of imidazole rings is 1. The molecule has 2 N–H and O–H groups in total. The van der Waals surface area contributed by atoms with Gasteiger partial charge in [-0.15, -0.1) is 0 Å². The van der Waals surface area contributed by atoms with Crippen LogP contribution in [0.5, 0.6) is 0 Å². The van der Waals surface area contributed by atoms with E-state index in [1.165, 1.54) is 43.2 Å². The maximum atomic E-state index is 6.11. The smallest absolute Gasteiger partial charge is 0.201 e. The highest BCUT2D eigenvalue weighted by molar-refractivity contribution is 5.81. The molecule has 19 heavy (non-hydrogen) atoms. The number of nitrogen functional groups attached to an aromatic ring is 1. The van der Waals surface area contributed by atoms with Gasteiger partial charge in [0.1, 0.15) is 0 Å². The molecule has 1 heterocycles. The number of nitrogens with zero attached hydrogens (tertiary/aromatic N) is 2. The van der Waals surface area contributed by atoms with Crippen molar-refractivity contribution in [2.24, 2.45) is 0 Å². The fourth-order valence-corrected chi connectivity index (χ4v) is 2.78. The van der Waals surface area contributed by atoms with Gasteiger partial charge in [-0.1, -0.05) is 44.7 Å². The van der Waals surface area contributed by atoms with Gasteiger partial charge in [-0.05, 0) is 31.9 Å². The fraction of sp³-hybridized carbons (Fsp3) is 0.562. The zero-order valence-corrected chi connectivity index (χ0v) is 12.3. The van der Waals surface area contributed by atoms with Gasteiger partial charge in [0.2, 0.25) is 5.95 Å². The van der Waals surface area contributed by atoms with Crippen molar-refractivity contribution in [2.75, 3.05) is 5.73 Å². The summed E-state index contributed by atoms with van der Waals surface area (Å²) in [6.07, 6.45) is 6.35. The molecule has 1 unspecified atom stereocenters. The highest BCUT2D eigenvalue weighted by Gasteiger charge is 2.14. The van der Waals surface area contributed by atoms with Crippen LogP contribution in [0.15, 0.2) is 18.2 Å². The van der Waals surface area contributed by atoms with Crippen molar-refractivity contribution in [2.45, 2.75) is 58.9 Å². The second kappa shape index (κ2) is 6.09. The maximum Gasteiger partial charge on any atom is 0.201 e. The number of rotatable bonds is 6. The molecule has 0 aliphatic heterocycles. The Bertz CT molecular complexity index is 542. The Morgan fingerprint density at radius 1 is 1.26 bits per heavy atom. The third-order valence-corrected chi connectivity index (χ3v) is 3.86. The van der Waals surface area contributed by atoms with Crippen LogP contribution in [-0.2, 0) is 0 Å². The van der Waals surface area contributed by atoms with Gasteiger partial charge < -0.3 is 10.3 Å². The molecule has 0 spiro atoms. The molecule has 1 aromatic heterocycles. The summed E-state index contributed by atoms with van der Waals surface area (Å²) >= 11 is 0. The topological polar surface area (TPSA) is 43.8 Å². The molecule has 1 aromatic carbocycles. The Morgan fingerprint density at radius 3 is 2.79 bits per heavy atom. The molecule has 2 aromatic rings. The van der Waals surface area contributed by atoms with Crippen molar-refractivity contribution in [3.05, 3.63) is 23.8 Å². The first-order chi connectivity index (χ1) is 9.15. The van der Waals surface area contributed by atoms with E-state index in [1.54, 1.807) is 0 Å². The predicted octanol–water partition coefficient (Wildman–Crippen LogP) is 4.46. The SMILES string of the molecule is CCCCCCC(C)n1c(N)nc2cccc(C)c21. The second-order valence-electron chi connectivity index (χ2n) is 5.48. The highest BCUT2D eigenvalue weighted by atomic mass is 15.2. The summed E-state index contributed by atoms with van der Waals surface area (Å²) in [6.45, 7) is 6.62. The maximum absolute atomic E-state index is 6.11. The number of aromatic nitrogens is 2. The van der Waals surface area contributed by atoms with Gasteiger partial charge in [-0.3, -0.25) is 0 Å². The number of hydrogen-bond donors (Lipinski definition) is 1. The zero-order chi connectivity index (χ0) is 13.8. The Kier molecular flexibility index (Phi) is 4.46. The quantitative estimate of drug-likeness (QED) is 0.778. The number of unbranched alkanes of at least 4 members (excludes halogenated alkanes) is 3. The van der Waals surface area contributed by atoms with E-state index in [0.717, 1.165) is 5.52 Å². The van der Waals surface area contributed by atoms with E-state index in [4.69, 9.17) is 5.73 Å². The molecule has 1 atom stereocenters. The summed E-state index contributed by atoms with van der Waals surface area (Å²) < 4.78 is 2.20. The average Bonchev–Trinajstić information content (AvgIpc) is 2.72. The lowest BCUT2D eigenvalue weighted by Crippen LogP contribution is -2.09. The molecule has 0 fully saturated rings. The van der Waals surface area contributed by atoms with E-state index < -0.39 is 0 Å². The summed E-state index contributed by atoms with van der Waals surface area (Å²) in [6, 6.07) is 6.63. The summed E-state index contributed by atoms with van der Waals surface area (Å²) in [7, 11) is 0. The number of hydrogen-bond acceptors (Lipinski definition) is 2. The lowest BCUT2D eigenvalue weighted by Gasteiger charge is -2.16. The molecule has 0 radical (unpaired) electrons. The van der Waals surface area contributed by atoms with Crippen molar-refractivity contribution in [1.29, 1.82) is 0 Å². The van der Waals surface area contributed by atoms with Gasteiger partial charge in [0.15, 0.2) is 0 Å². The van der Waals surface area contributed by atoms with Crippen LogP contribution >= 0.6 is 0 Å². The molecule has 3 heteroatoms. The van der Waals surface area contributed by atoms with E-state index in [1.807, 2.05) is 12.1 Å². The third-order valence-electron chi connectivity index (χ3n) is 3.86. The Balaban J connectivity index is 2.21. The molecule has 3 nitrogen and oxygen atoms in total. The van der Waals surface area contributed by atoms with Crippen molar-refractivity contribution in [1.82, 2.24) is 9.55 Å². The molecule has 104 valence electrons. The van der Waals surface area contributed by atoms with Crippen LogP contribution < -0.4 is 5.73 Å². The van der Waals surface area contributed by atoms with E-state index in [0.29, 0.717) is 12.0 Å². The minimum Gasteiger partial charge on any atom is -0.369 e. The van der Waals surface area contributed by atoms with Gasteiger partial charge >= 0.3 is 0 Å². The Morgan fingerprint density at radius 2 is 2.05 bits per heavy atom. The predicted molar refractivity (Wildman–Crippen MR) is 82.4 cm³/mol. The molecule has 0 saturated heterocycles. The largest absolute Gasteiger partial charge is 0.369 e. The molecule has 0 saturated carbocycles. The molecule has 0 amide bonds. The summed E-state index contributed by atoms with van der Waals surface area (Å²) in [5.41, 5.74) is 9.57. The van der Waals surface area contributed by atoms with Crippen molar-refractivity contribution in [3.8, 4) is 0 Å². The molecule has 0 aliphatic rings. The van der Waals surface area contributed by atoms with Crippen LogP contribution in [0.2, 0.25) is 0 Å². The third kappa shape index (κ3) is 2.91. The molecule has 0 bridgehead atoms. The second-order valence-corrected chi connectivity index (χ2v) is 5.48. The Hall–Kier alpha value is -1.51. The van der Waals surface area contributed by atoms with Crippen LogP contribution in [0.25, 0.3) is 11.0 Å². The first-order valence-electron chi connectivity index (χ1n) is 7.38. The van der Waals surface area contributed by atoms with Crippen LogP contribution in [0.4, 0.5) is 5.95 Å². The minimum absolute atomic E-state index is 0.419. The first-order valence-corrected chi connectivity index (χ1v) is 7.38. The van der Waals surface area contributed by atoms with E-state index in [9.17, 15) is 0 Å². The van der Waals surface area contributed by atoms with Gasteiger partial charge in [0.05, 0.1) is 11.0 Å². The highest BCUT2D eigenvalue weighted by Crippen LogP contribution is 2.28. The number of benzene rings is 1. The van der Waals surface area contributed by atoms with Crippen LogP contribution in [0, 0.1) is 6.92 Å².